The van der Waals surface area contributed by atoms with Gasteiger partial charge in [0.25, 0.3) is 0 Å². The van der Waals surface area contributed by atoms with Crippen LogP contribution in [0.1, 0.15) is 36.0 Å². The highest BCUT2D eigenvalue weighted by atomic mass is 16.1. The number of rotatable bonds is 3. The van der Waals surface area contributed by atoms with E-state index in [9.17, 15) is 4.79 Å². The van der Waals surface area contributed by atoms with Crippen LogP contribution in [0.3, 0.4) is 0 Å². The molecular formula is C14H17NO. The first-order chi connectivity index (χ1) is 7.84. The van der Waals surface area contributed by atoms with E-state index in [-0.39, 0.29) is 0 Å². The second-order valence-corrected chi connectivity index (χ2v) is 4.91. The van der Waals surface area contributed by atoms with E-state index >= 15 is 0 Å². The number of carbonyl (C=O) groups excluding carboxylic acids is 1. The fourth-order valence-electron chi connectivity index (χ4n) is 2.45. The number of hydrogen-bond acceptors (Lipinski definition) is 2. The van der Waals surface area contributed by atoms with E-state index in [0.717, 1.165) is 30.3 Å². The molecule has 0 bridgehead atoms. The van der Waals surface area contributed by atoms with Crippen LogP contribution in [-0.4, -0.2) is 18.9 Å². The average molecular weight is 215 g/mol. The van der Waals surface area contributed by atoms with Crippen LogP contribution >= 0.6 is 0 Å². The molecule has 0 N–H and O–H groups in total. The molecule has 1 saturated carbocycles. The number of fused-ring (bicyclic) bond motifs is 1. The maximum Gasteiger partial charge on any atom is 0.166 e. The summed E-state index contributed by atoms with van der Waals surface area (Å²) in [5.41, 5.74) is 2.07. The molecule has 1 heterocycles. The van der Waals surface area contributed by atoms with Gasteiger partial charge < -0.3 is 4.90 Å². The zero-order valence-corrected chi connectivity index (χ0v) is 9.48. The molecule has 2 nitrogen and oxygen atoms in total. The fourth-order valence-corrected chi connectivity index (χ4v) is 2.45. The number of benzene rings is 1. The zero-order valence-electron chi connectivity index (χ0n) is 9.48. The first kappa shape index (κ1) is 9.88. The van der Waals surface area contributed by atoms with Gasteiger partial charge in [-0.3, -0.25) is 4.79 Å². The topological polar surface area (TPSA) is 20.3 Å². The normalized spacial score (nSPS) is 19.8. The summed E-state index contributed by atoms with van der Waals surface area (Å²) in [6.45, 7) is 2.03. The first-order valence-electron chi connectivity index (χ1n) is 6.22. The molecule has 0 aromatic heterocycles. The fraction of sp³-hybridized carbons (Fsp3) is 0.500. The number of Topliss-reactive ketones (excluding diaryl/α,β-unsaturated/α-hetero) is 1. The van der Waals surface area contributed by atoms with Gasteiger partial charge in [0.2, 0.25) is 0 Å². The van der Waals surface area contributed by atoms with Gasteiger partial charge in [0.15, 0.2) is 5.78 Å². The van der Waals surface area contributed by atoms with E-state index in [1.165, 1.54) is 19.3 Å². The summed E-state index contributed by atoms with van der Waals surface area (Å²) < 4.78 is 0. The molecule has 0 spiro atoms. The lowest BCUT2D eigenvalue weighted by atomic mass is 10.00. The van der Waals surface area contributed by atoms with Crippen molar-refractivity contribution in [3.05, 3.63) is 29.8 Å². The smallest absolute Gasteiger partial charge is 0.166 e. The molecule has 84 valence electrons. The van der Waals surface area contributed by atoms with Crippen molar-refractivity contribution in [1.29, 1.82) is 0 Å². The number of anilines is 1. The third kappa shape index (κ3) is 1.84. The van der Waals surface area contributed by atoms with Gasteiger partial charge in [0.05, 0.1) is 0 Å². The van der Waals surface area contributed by atoms with Crippen LogP contribution in [0.5, 0.6) is 0 Å². The van der Waals surface area contributed by atoms with Gasteiger partial charge in [-0.05, 0) is 24.5 Å². The zero-order chi connectivity index (χ0) is 11.0. The van der Waals surface area contributed by atoms with Crippen LogP contribution in [0.15, 0.2) is 24.3 Å². The van der Waals surface area contributed by atoms with E-state index in [1.807, 2.05) is 18.2 Å². The first-order valence-corrected chi connectivity index (χ1v) is 6.22. The summed E-state index contributed by atoms with van der Waals surface area (Å²) in [7, 11) is 0. The van der Waals surface area contributed by atoms with Gasteiger partial charge in [-0.1, -0.05) is 25.0 Å². The van der Waals surface area contributed by atoms with Gasteiger partial charge in [0, 0.05) is 30.8 Å². The molecule has 0 atom stereocenters. The number of carbonyl (C=O) groups is 1. The van der Waals surface area contributed by atoms with Crippen LogP contribution in [0.2, 0.25) is 0 Å². The Hall–Kier alpha value is -1.31. The largest absolute Gasteiger partial charge is 0.370 e. The highest BCUT2D eigenvalue weighted by Gasteiger charge is 2.25. The maximum absolute atomic E-state index is 11.8. The Bertz CT molecular complexity index is 409. The van der Waals surface area contributed by atoms with Crippen LogP contribution < -0.4 is 4.90 Å². The summed E-state index contributed by atoms with van der Waals surface area (Å²) in [6, 6.07) is 8.03. The van der Waals surface area contributed by atoms with Crippen LogP contribution in [-0.2, 0) is 0 Å². The molecule has 3 rings (SSSR count). The molecule has 0 unspecified atom stereocenters. The Balaban J connectivity index is 1.79. The second kappa shape index (κ2) is 3.93. The predicted molar refractivity (Wildman–Crippen MR) is 64.9 cm³/mol. The van der Waals surface area contributed by atoms with Crippen molar-refractivity contribution < 1.29 is 4.79 Å². The SMILES string of the molecule is O=C1CCN(CCC2CC2)c2ccccc21. The summed E-state index contributed by atoms with van der Waals surface area (Å²) in [4.78, 5) is 14.1. The molecule has 0 saturated heterocycles. The molecule has 2 heteroatoms. The Morgan fingerprint density at radius 3 is 2.88 bits per heavy atom. The molecule has 2 aliphatic rings. The minimum atomic E-state index is 0.304. The monoisotopic (exact) mass is 215 g/mol. The van der Waals surface area contributed by atoms with Crippen LogP contribution in [0.4, 0.5) is 5.69 Å². The molecule has 1 aromatic carbocycles. The quantitative estimate of drug-likeness (QED) is 0.772. The Morgan fingerprint density at radius 2 is 2.06 bits per heavy atom. The molecule has 1 fully saturated rings. The summed E-state index contributed by atoms with van der Waals surface area (Å²) in [5, 5.41) is 0. The van der Waals surface area contributed by atoms with Crippen molar-refractivity contribution in [2.45, 2.75) is 25.7 Å². The number of ketones is 1. The van der Waals surface area contributed by atoms with Crippen molar-refractivity contribution in [3.8, 4) is 0 Å². The Labute approximate surface area is 96.3 Å². The van der Waals surface area contributed by atoms with E-state index in [4.69, 9.17) is 0 Å². The number of nitrogens with zero attached hydrogens (tertiary/aromatic N) is 1. The lowest BCUT2D eigenvalue weighted by Crippen LogP contribution is -2.33. The molecule has 1 aliphatic carbocycles. The van der Waals surface area contributed by atoms with Crippen molar-refractivity contribution in [2.24, 2.45) is 5.92 Å². The molecule has 16 heavy (non-hydrogen) atoms. The van der Waals surface area contributed by atoms with E-state index < -0.39 is 0 Å². The third-order valence-corrected chi connectivity index (χ3v) is 3.66. The Morgan fingerprint density at radius 1 is 1.25 bits per heavy atom. The molecular weight excluding hydrogens is 198 g/mol. The van der Waals surface area contributed by atoms with E-state index in [0.29, 0.717) is 12.2 Å². The third-order valence-electron chi connectivity index (χ3n) is 3.66. The van der Waals surface area contributed by atoms with E-state index in [2.05, 4.69) is 11.0 Å². The highest BCUT2D eigenvalue weighted by Crippen LogP contribution is 2.34. The summed E-state index contributed by atoms with van der Waals surface area (Å²) >= 11 is 0. The predicted octanol–water partition coefficient (Wildman–Crippen LogP) is 2.88. The maximum atomic E-state index is 11.8. The van der Waals surface area contributed by atoms with Gasteiger partial charge in [0.1, 0.15) is 0 Å². The molecule has 1 aromatic rings. The van der Waals surface area contributed by atoms with Gasteiger partial charge >= 0.3 is 0 Å². The van der Waals surface area contributed by atoms with Gasteiger partial charge in [-0.25, -0.2) is 0 Å². The minimum absolute atomic E-state index is 0.304. The van der Waals surface area contributed by atoms with Gasteiger partial charge in [-0.2, -0.15) is 0 Å². The second-order valence-electron chi connectivity index (χ2n) is 4.91. The molecule has 0 radical (unpaired) electrons. The lowest BCUT2D eigenvalue weighted by Gasteiger charge is -2.30. The summed E-state index contributed by atoms with van der Waals surface area (Å²) in [5.74, 6) is 1.27. The van der Waals surface area contributed by atoms with Crippen molar-refractivity contribution in [2.75, 3.05) is 18.0 Å². The standard InChI is InChI=1S/C14H17NO/c16-14-8-10-15(9-7-11-5-6-11)13-4-2-1-3-12(13)14/h1-4,11H,5-10H2. The van der Waals surface area contributed by atoms with Crippen LogP contribution in [0, 0.1) is 5.92 Å². The average Bonchev–Trinajstić information content (AvgIpc) is 3.13. The minimum Gasteiger partial charge on any atom is -0.370 e. The highest BCUT2D eigenvalue weighted by molar-refractivity contribution is 6.03. The van der Waals surface area contributed by atoms with Crippen molar-refractivity contribution >= 4 is 11.5 Å². The van der Waals surface area contributed by atoms with Gasteiger partial charge in [-0.15, -0.1) is 0 Å². The lowest BCUT2D eigenvalue weighted by molar-refractivity contribution is 0.0980. The Kier molecular flexibility index (Phi) is 2.43. The van der Waals surface area contributed by atoms with Crippen molar-refractivity contribution in [3.63, 3.8) is 0 Å². The molecule has 1 aliphatic heterocycles. The number of hydrogen-bond donors (Lipinski definition) is 0. The summed E-state index contributed by atoms with van der Waals surface area (Å²) in [6.07, 6.45) is 4.80. The van der Waals surface area contributed by atoms with Crippen molar-refractivity contribution in [1.82, 2.24) is 0 Å². The van der Waals surface area contributed by atoms with E-state index in [1.54, 1.807) is 0 Å². The van der Waals surface area contributed by atoms with Crippen LogP contribution in [0.25, 0.3) is 0 Å². The molecule has 0 amide bonds. The number of para-hydroxylation sites is 1.